The molecule has 0 amide bonds. The molecule has 0 radical (unpaired) electrons. The molecular formula is C101H72BrN5. The van der Waals surface area contributed by atoms with Crippen molar-refractivity contribution >= 4 is 98.4 Å². The number of benzene rings is 16. The number of rotatable bonds is 13. The lowest BCUT2D eigenvalue weighted by molar-refractivity contribution is 1.13. The molecule has 0 aliphatic rings. The molecular weight excluding hydrogens is 1360 g/mol. The van der Waals surface area contributed by atoms with E-state index in [1.54, 1.807) is 0 Å². The van der Waals surface area contributed by atoms with E-state index < -0.39 is 0 Å². The Morgan fingerprint density at radius 2 is 0.523 bits per heavy atom. The maximum atomic E-state index is 3.69. The minimum atomic E-state index is 0.962. The van der Waals surface area contributed by atoms with E-state index in [0.717, 1.165) is 39.3 Å². The molecule has 0 unspecified atom stereocenters. The largest absolute Gasteiger partial charge is 0.316 e. The third kappa shape index (κ3) is 13.1. The van der Waals surface area contributed by atoms with Gasteiger partial charge in [-0.2, -0.15) is 0 Å². The zero-order valence-corrected chi connectivity index (χ0v) is 60.3. The molecule has 0 N–H and O–H groups in total. The first-order chi connectivity index (χ1) is 53.0. The number of nitrogens with zero attached hydrogens (tertiary/aromatic N) is 5. The molecule has 20 rings (SSSR count). The van der Waals surface area contributed by atoms with Gasteiger partial charge in [-0.1, -0.05) is 295 Å². The minimum Gasteiger partial charge on any atom is -0.316 e. The summed E-state index contributed by atoms with van der Waals surface area (Å²) in [5.41, 5.74) is 27.7. The molecule has 0 aliphatic heterocycles. The van der Waals surface area contributed by atoms with Gasteiger partial charge in [-0.15, -0.1) is 0 Å². The monoisotopic (exact) mass is 1430 g/mol. The summed E-state index contributed by atoms with van der Waals surface area (Å²) < 4.78 is 10.5. The van der Waals surface area contributed by atoms with Gasteiger partial charge in [0.1, 0.15) is 0 Å². The van der Waals surface area contributed by atoms with E-state index in [2.05, 4.69) is 464 Å². The highest BCUT2D eigenvalue weighted by atomic mass is 79.9. The molecule has 0 aliphatic carbocycles. The van der Waals surface area contributed by atoms with Gasteiger partial charge >= 0.3 is 0 Å². The number of hydrogen-bond acceptors (Lipinski definition) is 1. The average molecular weight is 1440 g/mol. The molecule has 4 aromatic heterocycles. The second-order valence-electron chi connectivity index (χ2n) is 27.0. The van der Waals surface area contributed by atoms with Crippen molar-refractivity contribution in [1.29, 1.82) is 0 Å². The van der Waals surface area contributed by atoms with Gasteiger partial charge < -0.3 is 23.2 Å². The summed E-state index contributed by atoms with van der Waals surface area (Å²) in [5.74, 6) is 0. The van der Waals surface area contributed by atoms with Crippen LogP contribution in [0.25, 0.3) is 133 Å². The van der Waals surface area contributed by atoms with Crippen molar-refractivity contribution in [2.24, 2.45) is 0 Å². The smallest absolute Gasteiger partial charge is 0.0628 e. The van der Waals surface area contributed by atoms with Crippen LogP contribution in [0.5, 0.6) is 0 Å². The van der Waals surface area contributed by atoms with Gasteiger partial charge in [0.2, 0.25) is 0 Å². The molecule has 107 heavy (non-hydrogen) atoms. The maximum Gasteiger partial charge on any atom is 0.0628 e. The Labute approximate surface area is 631 Å². The SMILES string of the molecule is Brc1ccc2c(c1)c1c3c(ccc1n2-c1ccccc1)ccn3-c1ccccc1.c1ccc(-c2ccc(Cc3ccc(-c4ccccc4)cc3)cc2)cc1.c1ccc(-c2ccc(N(c3ccc(-c4ccccc4)cc3)c3ccc4c(c3)c3c5c(ccc3n4-c3ccccc3)ccn5-c3ccccc3)cc2)cc1. The summed E-state index contributed by atoms with van der Waals surface area (Å²) in [6, 6.07) is 147. The van der Waals surface area contributed by atoms with Gasteiger partial charge in [-0.3, -0.25) is 0 Å². The fraction of sp³-hybridized carbons (Fsp3) is 0.00990. The van der Waals surface area contributed by atoms with Gasteiger partial charge in [-0.05, 0) is 196 Å². The molecule has 16 aromatic carbocycles. The molecule has 508 valence electrons. The highest BCUT2D eigenvalue weighted by molar-refractivity contribution is 9.10. The van der Waals surface area contributed by atoms with E-state index >= 15 is 0 Å². The number of halogens is 1. The molecule has 0 atom stereocenters. The van der Waals surface area contributed by atoms with Crippen molar-refractivity contribution in [2.45, 2.75) is 6.42 Å². The second-order valence-corrected chi connectivity index (χ2v) is 27.9. The van der Waals surface area contributed by atoms with Crippen molar-refractivity contribution in [1.82, 2.24) is 18.3 Å². The highest BCUT2D eigenvalue weighted by Crippen LogP contribution is 2.45. The molecule has 4 heterocycles. The topological polar surface area (TPSA) is 23.0 Å². The Morgan fingerprint density at radius 3 is 0.888 bits per heavy atom. The third-order valence-corrected chi connectivity index (χ3v) is 20.9. The molecule has 0 spiro atoms. The van der Waals surface area contributed by atoms with E-state index in [4.69, 9.17) is 0 Å². The van der Waals surface area contributed by atoms with Crippen LogP contribution in [0.3, 0.4) is 0 Å². The lowest BCUT2D eigenvalue weighted by atomic mass is 9.98. The summed E-state index contributed by atoms with van der Waals surface area (Å²) in [5, 5.41) is 7.42. The van der Waals surface area contributed by atoms with Crippen molar-refractivity contribution in [3.8, 4) is 67.3 Å². The van der Waals surface area contributed by atoms with Crippen molar-refractivity contribution in [3.05, 3.63) is 441 Å². The fourth-order valence-electron chi connectivity index (χ4n) is 15.3. The molecule has 5 nitrogen and oxygen atoms in total. The summed E-state index contributed by atoms with van der Waals surface area (Å²) >= 11 is 3.69. The van der Waals surface area contributed by atoms with E-state index in [-0.39, 0.29) is 0 Å². The van der Waals surface area contributed by atoms with Crippen LogP contribution in [0, 0.1) is 0 Å². The van der Waals surface area contributed by atoms with E-state index in [0.29, 0.717) is 0 Å². The molecule has 6 heteroatoms. The number of hydrogen-bond donors (Lipinski definition) is 0. The lowest BCUT2D eigenvalue weighted by Crippen LogP contribution is -2.10. The molecule has 20 aromatic rings. The Hall–Kier alpha value is -13.5. The summed E-state index contributed by atoms with van der Waals surface area (Å²) in [7, 11) is 0. The normalized spacial score (nSPS) is 11.3. The standard InChI is InChI=1S/C50H35N3.C26H17BrN2.C25H20/c1-5-13-36(14-6-1)38-21-26-43(27-22-38)52(44-28-23-39(24-29-44)37-15-7-2-8-16-37)45-30-32-47-46(35-45)49-48(53(47)42-19-11-4-12-20-42)31-25-40-33-34-51(50(40)49)41-17-9-3-10-18-41;27-19-12-14-23-22(17-19)25-24(29(23)21-9-5-2-6-10-21)13-11-18-15-16-28(26(18)25)20-7-3-1-4-8-20;1-3-7-22(8-4-1)24-15-11-20(12-16-24)19-21-13-17-25(18-14-21)23-9-5-2-6-10-23/h1-35H;1-17H;1-18H,19H2. The first kappa shape index (κ1) is 65.5. The first-order valence-corrected chi connectivity index (χ1v) is 37.2. The van der Waals surface area contributed by atoms with Crippen LogP contribution in [0.15, 0.2) is 429 Å². The van der Waals surface area contributed by atoms with Crippen LogP contribution in [-0.4, -0.2) is 18.3 Å². The van der Waals surface area contributed by atoms with Crippen LogP contribution < -0.4 is 4.90 Å². The second kappa shape index (κ2) is 29.3. The van der Waals surface area contributed by atoms with Gasteiger partial charge in [-0.25, -0.2) is 0 Å². The summed E-state index contributed by atoms with van der Waals surface area (Å²) in [6.45, 7) is 0. The van der Waals surface area contributed by atoms with Gasteiger partial charge in [0, 0.05) is 89.0 Å². The minimum absolute atomic E-state index is 0.962. The highest BCUT2D eigenvalue weighted by Gasteiger charge is 2.23. The predicted molar refractivity (Wildman–Crippen MR) is 455 cm³/mol. The first-order valence-electron chi connectivity index (χ1n) is 36.4. The number of anilines is 3. The lowest BCUT2D eigenvalue weighted by Gasteiger charge is -2.26. The van der Waals surface area contributed by atoms with Crippen LogP contribution >= 0.6 is 15.9 Å². The van der Waals surface area contributed by atoms with E-state index in [9.17, 15) is 0 Å². The quantitative estimate of drug-likeness (QED) is 0.113. The maximum absolute atomic E-state index is 3.69. The Morgan fingerprint density at radius 1 is 0.234 bits per heavy atom. The summed E-state index contributed by atoms with van der Waals surface area (Å²) in [6.07, 6.45) is 5.33. The number of fused-ring (bicyclic) bond motifs is 10. The van der Waals surface area contributed by atoms with Crippen LogP contribution in [-0.2, 0) is 6.42 Å². The van der Waals surface area contributed by atoms with Crippen molar-refractivity contribution < 1.29 is 0 Å². The zero-order valence-electron chi connectivity index (χ0n) is 58.7. The molecule has 0 saturated heterocycles. The Balaban J connectivity index is 0.000000126. The van der Waals surface area contributed by atoms with Gasteiger partial charge in [0.25, 0.3) is 0 Å². The zero-order chi connectivity index (χ0) is 71.4. The summed E-state index contributed by atoms with van der Waals surface area (Å²) in [4.78, 5) is 2.38. The molecule has 0 fully saturated rings. The van der Waals surface area contributed by atoms with Crippen LogP contribution in [0.2, 0.25) is 0 Å². The third-order valence-electron chi connectivity index (χ3n) is 20.5. The molecule has 0 bridgehead atoms. The van der Waals surface area contributed by atoms with Crippen molar-refractivity contribution in [2.75, 3.05) is 4.90 Å². The van der Waals surface area contributed by atoms with Gasteiger partial charge in [0.15, 0.2) is 0 Å². The Kier molecular flexibility index (Phi) is 17.9. The van der Waals surface area contributed by atoms with Crippen molar-refractivity contribution in [3.63, 3.8) is 0 Å². The average Bonchev–Trinajstić information content (AvgIpc) is 1.57. The predicted octanol–water partition coefficient (Wildman–Crippen LogP) is 27.6. The molecule has 0 saturated carbocycles. The fourth-order valence-corrected chi connectivity index (χ4v) is 15.7. The number of para-hydroxylation sites is 4. The van der Waals surface area contributed by atoms with Gasteiger partial charge in [0.05, 0.1) is 33.1 Å². The van der Waals surface area contributed by atoms with Crippen LogP contribution in [0.1, 0.15) is 11.1 Å². The van der Waals surface area contributed by atoms with E-state index in [1.165, 1.54) is 132 Å². The van der Waals surface area contributed by atoms with E-state index in [1.807, 2.05) is 0 Å². The van der Waals surface area contributed by atoms with Crippen LogP contribution in [0.4, 0.5) is 17.1 Å². The number of aromatic nitrogens is 4. The Bertz CT molecular complexity index is 6270.